The average molecular weight is 279 g/mol. The molecule has 1 aromatic heterocycles. The van der Waals surface area contributed by atoms with Gasteiger partial charge in [-0.3, -0.25) is 4.48 Å². The number of nitrogens with zero attached hydrogens (tertiary/aromatic N) is 2. The van der Waals surface area contributed by atoms with Crippen LogP contribution in [0.1, 0.15) is 18.7 Å². The standard InChI is InChI=1S/C10H17ClN3S2/c1-4-14(5-2,10(12)15-3)7-8-6-13-9(11)16-8/h6,12H,4-5,7H2,1-3H3/q+1. The maximum Gasteiger partial charge on any atom is 0.256 e. The summed E-state index contributed by atoms with van der Waals surface area (Å²) in [6.07, 6.45) is 3.78. The quantitative estimate of drug-likeness (QED) is 0.520. The van der Waals surface area contributed by atoms with Crippen molar-refractivity contribution in [1.29, 1.82) is 5.41 Å². The number of thioether (sulfide) groups is 1. The Hall–Kier alpha value is -0.100. The number of hydrogen-bond acceptors (Lipinski definition) is 4. The molecular formula is C10H17ClN3S2+. The fraction of sp³-hybridized carbons (Fsp3) is 0.600. The van der Waals surface area contributed by atoms with E-state index in [-0.39, 0.29) is 0 Å². The van der Waals surface area contributed by atoms with Gasteiger partial charge in [0.2, 0.25) is 0 Å². The molecule has 0 aliphatic carbocycles. The van der Waals surface area contributed by atoms with Crippen LogP contribution in [-0.2, 0) is 6.54 Å². The first-order valence-corrected chi connectivity index (χ1v) is 7.59. The molecule has 0 aliphatic rings. The summed E-state index contributed by atoms with van der Waals surface area (Å²) in [6, 6.07) is 0. The smallest absolute Gasteiger partial charge is 0.256 e. The molecule has 1 rings (SSSR count). The maximum atomic E-state index is 8.09. The van der Waals surface area contributed by atoms with Gasteiger partial charge in [0, 0.05) is 6.20 Å². The Balaban J connectivity index is 2.90. The third-order valence-corrected chi connectivity index (χ3v) is 4.69. The number of rotatable bonds is 4. The number of amidine groups is 1. The van der Waals surface area contributed by atoms with Gasteiger partial charge < -0.3 is 0 Å². The van der Waals surface area contributed by atoms with Crippen LogP contribution < -0.4 is 0 Å². The third kappa shape index (κ3) is 2.97. The molecule has 1 N–H and O–H groups in total. The number of thiazole rings is 1. The highest BCUT2D eigenvalue weighted by Crippen LogP contribution is 2.25. The highest BCUT2D eigenvalue weighted by atomic mass is 35.5. The van der Waals surface area contributed by atoms with Crippen molar-refractivity contribution in [2.24, 2.45) is 0 Å². The van der Waals surface area contributed by atoms with E-state index in [4.69, 9.17) is 17.0 Å². The van der Waals surface area contributed by atoms with Crippen LogP contribution in [0, 0.1) is 5.41 Å². The normalized spacial score (nSPS) is 11.8. The highest BCUT2D eigenvalue weighted by Gasteiger charge is 2.30. The highest BCUT2D eigenvalue weighted by molar-refractivity contribution is 8.12. The lowest BCUT2D eigenvalue weighted by atomic mass is 10.3. The van der Waals surface area contributed by atoms with Gasteiger partial charge in [0.15, 0.2) is 4.47 Å². The van der Waals surface area contributed by atoms with Crippen molar-refractivity contribution in [3.63, 3.8) is 0 Å². The first-order chi connectivity index (χ1) is 7.57. The summed E-state index contributed by atoms with van der Waals surface area (Å²) in [5.41, 5.74) is 0. The average Bonchev–Trinajstić information content (AvgIpc) is 2.70. The summed E-state index contributed by atoms with van der Waals surface area (Å²) in [5.74, 6) is 0. The second kappa shape index (κ2) is 6.00. The lowest BCUT2D eigenvalue weighted by Gasteiger charge is -2.34. The minimum Gasteiger partial charge on any atom is -0.265 e. The third-order valence-electron chi connectivity index (χ3n) is 2.82. The van der Waals surface area contributed by atoms with Crippen molar-refractivity contribution in [2.45, 2.75) is 20.4 Å². The van der Waals surface area contributed by atoms with E-state index in [0.29, 0.717) is 14.1 Å². The fourth-order valence-electron chi connectivity index (χ4n) is 1.65. The first kappa shape index (κ1) is 14.0. The Bertz CT molecular complexity index is 361. The van der Waals surface area contributed by atoms with E-state index in [9.17, 15) is 0 Å². The van der Waals surface area contributed by atoms with Gasteiger partial charge in [0.05, 0.1) is 18.0 Å². The van der Waals surface area contributed by atoms with Crippen molar-refractivity contribution in [2.75, 3.05) is 19.3 Å². The number of nitrogens with one attached hydrogen (secondary N) is 1. The topological polar surface area (TPSA) is 36.7 Å². The van der Waals surface area contributed by atoms with Gasteiger partial charge in [-0.1, -0.05) is 23.4 Å². The molecular weight excluding hydrogens is 262 g/mol. The molecule has 0 fully saturated rings. The van der Waals surface area contributed by atoms with Crippen molar-refractivity contribution in [3.8, 4) is 0 Å². The summed E-state index contributed by atoms with van der Waals surface area (Å²) in [5, 5.41) is 8.79. The molecule has 0 atom stereocenters. The van der Waals surface area contributed by atoms with E-state index in [1.807, 2.05) is 12.5 Å². The monoisotopic (exact) mass is 278 g/mol. The van der Waals surface area contributed by atoms with Gasteiger partial charge in [0.25, 0.3) is 5.17 Å². The molecule has 3 nitrogen and oxygen atoms in total. The SMILES string of the molecule is CC[N+](CC)(Cc1cnc(Cl)s1)C(=N)SC. The van der Waals surface area contributed by atoms with Crippen LogP contribution in [0.2, 0.25) is 4.47 Å². The van der Waals surface area contributed by atoms with Crippen LogP contribution in [0.3, 0.4) is 0 Å². The predicted molar refractivity (Wildman–Crippen MR) is 73.4 cm³/mol. The van der Waals surface area contributed by atoms with E-state index in [1.165, 1.54) is 23.1 Å². The van der Waals surface area contributed by atoms with Crippen molar-refractivity contribution in [3.05, 3.63) is 15.5 Å². The van der Waals surface area contributed by atoms with Crippen LogP contribution in [0.15, 0.2) is 6.20 Å². The molecule has 90 valence electrons. The Kier molecular flexibility index (Phi) is 5.24. The van der Waals surface area contributed by atoms with E-state index in [0.717, 1.165) is 24.5 Å². The number of hydrogen-bond donors (Lipinski definition) is 1. The zero-order valence-corrected chi connectivity index (χ0v) is 12.2. The van der Waals surface area contributed by atoms with Crippen LogP contribution in [-0.4, -0.2) is 34.0 Å². The molecule has 0 aliphatic heterocycles. The molecule has 16 heavy (non-hydrogen) atoms. The summed E-state index contributed by atoms with van der Waals surface area (Å²) >= 11 is 8.85. The van der Waals surface area contributed by atoms with Crippen molar-refractivity contribution < 1.29 is 4.48 Å². The zero-order valence-electron chi connectivity index (χ0n) is 9.79. The lowest BCUT2D eigenvalue weighted by Crippen LogP contribution is -2.49. The number of halogens is 1. The second-order valence-electron chi connectivity index (χ2n) is 3.52. The van der Waals surface area contributed by atoms with Crippen molar-refractivity contribution >= 4 is 39.9 Å². The Morgan fingerprint density at radius 3 is 2.56 bits per heavy atom. The largest absolute Gasteiger partial charge is 0.265 e. The second-order valence-corrected chi connectivity index (χ2v) is 6.02. The van der Waals surface area contributed by atoms with Gasteiger partial charge in [-0.2, -0.15) is 0 Å². The van der Waals surface area contributed by atoms with Gasteiger partial charge in [0.1, 0.15) is 6.54 Å². The summed E-state index contributed by atoms with van der Waals surface area (Å²) < 4.78 is 1.26. The predicted octanol–water partition coefficient (Wildman–Crippen LogP) is 3.45. The molecule has 0 bridgehead atoms. The molecule has 0 saturated heterocycles. The van der Waals surface area contributed by atoms with Crippen LogP contribution in [0.25, 0.3) is 0 Å². The van der Waals surface area contributed by atoms with Gasteiger partial charge in [-0.05, 0) is 20.1 Å². The van der Waals surface area contributed by atoms with E-state index < -0.39 is 0 Å². The van der Waals surface area contributed by atoms with Crippen LogP contribution in [0.4, 0.5) is 0 Å². The van der Waals surface area contributed by atoms with Gasteiger partial charge in [-0.15, -0.1) is 11.3 Å². The summed E-state index contributed by atoms with van der Waals surface area (Å²) in [6.45, 7) is 6.91. The molecule has 6 heteroatoms. The molecule has 1 heterocycles. The Morgan fingerprint density at radius 1 is 1.56 bits per heavy atom. The molecule has 0 radical (unpaired) electrons. The number of quaternary nitrogens is 1. The molecule has 0 unspecified atom stereocenters. The Morgan fingerprint density at radius 2 is 2.19 bits per heavy atom. The van der Waals surface area contributed by atoms with E-state index in [1.54, 1.807) is 0 Å². The minimum absolute atomic E-state index is 0.580. The molecule has 0 amide bonds. The molecule has 0 spiro atoms. The van der Waals surface area contributed by atoms with Crippen molar-refractivity contribution in [1.82, 2.24) is 4.98 Å². The minimum atomic E-state index is 0.580. The van der Waals surface area contributed by atoms with E-state index >= 15 is 0 Å². The van der Waals surface area contributed by atoms with Gasteiger partial charge in [-0.25, -0.2) is 10.4 Å². The molecule has 0 aromatic carbocycles. The first-order valence-electron chi connectivity index (χ1n) is 5.17. The molecule has 0 saturated carbocycles. The summed E-state index contributed by atoms with van der Waals surface area (Å²) in [4.78, 5) is 5.20. The molecule has 1 aromatic rings. The lowest BCUT2D eigenvalue weighted by molar-refractivity contribution is -0.848. The number of aromatic nitrogens is 1. The van der Waals surface area contributed by atoms with Gasteiger partial charge >= 0.3 is 0 Å². The van der Waals surface area contributed by atoms with Crippen LogP contribution in [0.5, 0.6) is 0 Å². The maximum absolute atomic E-state index is 8.09. The fourth-order valence-corrected chi connectivity index (χ4v) is 3.45. The zero-order chi connectivity index (χ0) is 12.2. The van der Waals surface area contributed by atoms with E-state index in [2.05, 4.69) is 18.8 Å². The summed E-state index contributed by atoms with van der Waals surface area (Å²) in [7, 11) is 0. The van der Waals surface area contributed by atoms with Crippen LogP contribution >= 0.6 is 34.7 Å². The Labute approximate surface area is 110 Å².